The number of benzene rings is 2. The normalized spacial score (nSPS) is 10.2. The van der Waals surface area contributed by atoms with E-state index in [1.54, 1.807) is 18.2 Å². The quantitative estimate of drug-likeness (QED) is 0.486. The van der Waals surface area contributed by atoms with E-state index in [-0.39, 0.29) is 23.7 Å². The molecule has 0 bridgehead atoms. The molecule has 7 nitrogen and oxygen atoms in total. The molecule has 0 aliphatic heterocycles. The summed E-state index contributed by atoms with van der Waals surface area (Å²) in [4.78, 5) is 37.1. The molecule has 0 aromatic heterocycles. The lowest BCUT2D eigenvalue weighted by molar-refractivity contribution is -0.385. The molecule has 0 heterocycles. The third-order valence-electron chi connectivity index (χ3n) is 3.44. The van der Waals surface area contributed by atoms with Gasteiger partial charge in [-0.25, -0.2) is 0 Å². The average molecular weight is 359 g/mol. The van der Waals surface area contributed by atoms with Gasteiger partial charge in [0.2, 0.25) is 5.91 Å². The van der Waals surface area contributed by atoms with Crippen LogP contribution in [0.15, 0.2) is 53.4 Å². The van der Waals surface area contributed by atoms with E-state index < -0.39 is 10.8 Å². The largest absolute Gasteiger partial charge is 0.332 e. The summed E-state index contributed by atoms with van der Waals surface area (Å²) in [5, 5.41) is 13.8. The van der Waals surface area contributed by atoms with E-state index in [9.17, 15) is 19.7 Å². The minimum absolute atomic E-state index is 0.0488. The Kier molecular flexibility index (Phi) is 6.13. The van der Waals surface area contributed by atoms with E-state index in [0.717, 1.165) is 9.80 Å². The van der Waals surface area contributed by atoms with Crippen molar-refractivity contribution in [1.29, 1.82) is 0 Å². The van der Waals surface area contributed by atoms with E-state index in [2.05, 4.69) is 5.32 Å². The fourth-order valence-corrected chi connectivity index (χ4v) is 2.80. The topological polar surface area (TPSA) is 92.6 Å². The average Bonchev–Trinajstić information content (AvgIpc) is 2.61. The fraction of sp³-hybridized carbons (Fsp3) is 0.176. The maximum atomic E-state index is 12.4. The van der Waals surface area contributed by atoms with Crippen LogP contribution in [0.3, 0.4) is 0 Å². The Hall–Kier alpha value is -2.87. The molecule has 0 radical (unpaired) electrons. The molecule has 1 N–H and O–H groups in total. The smallest absolute Gasteiger partial charge is 0.282 e. The number of nitro groups is 1. The first-order valence-corrected chi connectivity index (χ1v) is 8.58. The molecule has 25 heavy (non-hydrogen) atoms. The van der Waals surface area contributed by atoms with E-state index in [4.69, 9.17) is 0 Å². The highest BCUT2D eigenvalue weighted by Gasteiger charge is 2.23. The molecule has 0 aliphatic rings. The van der Waals surface area contributed by atoms with Crippen LogP contribution in [0, 0.1) is 10.1 Å². The summed E-state index contributed by atoms with van der Waals surface area (Å²) in [6, 6.07) is 13.0. The molecule has 0 saturated carbocycles. The number of nitro benzene ring substituents is 1. The van der Waals surface area contributed by atoms with Gasteiger partial charge in [0.25, 0.3) is 11.6 Å². The van der Waals surface area contributed by atoms with Gasteiger partial charge >= 0.3 is 0 Å². The molecule has 2 aromatic rings. The van der Waals surface area contributed by atoms with E-state index >= 15 is 0 Å². The van der Waals surface area contributed by atoms with Gasteiger partial charge in [-0.3, -0.25) is 19.7 Å². The van der Waals surface area contributed by atoms with Crippen molar-refractivity contribution < 1.29 is 14.5 Å². The van der Waals surface area contributed by atoms with Gasteiger partial charge in [-0.1, -0.05) is 24.3 Å². The van der Waals surface area contributed by atoms with Crippen molar-refractivity contribution in [2.45, 2.75) is 4.90 Å². The van der Waals surface area contributed by atoms with Crippen molar-refractivity contribution >= 4 is 35.0 Å². The number of amides is 2. The number of para-hydroxylation sites is 2. The Labute approximate surface area is 149 Å². The summed E-state index contributed by atoms with van der Waals surface area (Å²) in [5.41, 5.74) is 0.325. The second-order valence-corrected chi connectivity index (χ2v) is 6.03. The highest BCUT2D eigenvalue weighted by molar-refractivity contribution is 7.98. The molecule has 0 aliphatic carbocycles. The number of anilines is 1. The molecule has 0 spiro atoms. The molecule has 2 rings (SSSR count). The number of hydrogen-bond donors (Lipinski definition) is 1. The van der Waals surface area contributed by atoms with Crippen LogP contribution < -0.4 is 5.32 Å². The van der Waals surface area contributed by atoms with Crippen LogP contribution in [0.2, 0.25) is 0 Å². The number of carbonyl (C=O) groups is 2. The molecule has 2 aromatic carbocycles. The van der Waals surface area contributed by atoms with Gasteiger partial charge in [0, 0.05) is 18.0 Å². The van der Waals surface area contributed by atoms with Gasteiger partial charge in [-0.05, 0) is 24.5 Å². The number of carbonyl (C=O) groups excluding carboxylic acids is 2. The van der Waals surface area contributed by atoms with Crippen LogP contribution in [0.25, 0.3) is 0 Å². The van der Waals surface area contributed by atoms with E-state index in [0.29, 0.717) is 5.69 Å². The number of thioether (sulfide) groups is 1. The minimum atomic E-state index is -0.615. The van der Waals surface area contributed by atoms with Crippen molar-refractivity contribution in [3.63, 3.8) is 0 Å². The van der Waals surface area contributed by atoms with Crippen molar-refractivity contribution in [2.24, 2.45) is 0 Å². The number of nitrogens with zero attached hydrogens (tertiary/aromatic N) is 2. The highest BCUT2D eigenvalue weighted by Crippen LogP contribution is 2.24. The SMILES string of the molecule is CSc1ccccc1NC(=O)CN(C)C(=O)c1ccccc1[N+](=O)[O-]. The molecule has 0 saturated heterocycles. The second-order valence-electron chi connectivity index (χ2n) is 5.18. The summed E-state index contributed by atoms with van der Waals surface area (Å²) in [6.07, 6.45) is 1.90. The first kappa shape index (κ1) is 18.5. The zero-order valence-corrected chi connectivity index (χ0v) is 14.6. The number of likely N-dealkylation sites (N-methyl/N-ethyl adjacent to an activating group) is 1. The van der Waals surface area contributed by atoms with Gasteiger partial charge in [0.05, 0.1) is 17.2 Å². The maximum absolute atomic E-state index is 12.4. The Morgan fingerprint density at radius 1 is 1.16 bits per heavy atom. The molecular weight excluding hydrogens is 342 g/mol. The molecule has 2 amide bonds. The third-order valence-corrected chi connectivity index (χ3v) is 4.24. The van der Waals surface area contributed by atoms with Crippen molar-refractivity contribution in [1.82, 2.24) is 4.90 Å². The van der Waals surface area contributed by atoms with Crippen LogP contribution >= 0.6 is 11.8 Å². The molecule has 0 fully saturated rings. The number of nitrogens with one attached hydrogen (secondary N) is 1. The summed E-state index contributed by atoms with van der Waals surface area (Å²) >= 11 is 1.49. The summed E-state index contributed by atoms with van der Waals surface area (Å²) in [5.74, 6) is -0.962. The Morgan fingerprint density at radius 2 is 1.80 bits per heavy atom. The van der Waals surface area contributed by atoms with Crippen LogP contribution in [0.5, 0.6) is 0 Å². The fourth-order valence-electron chi connectivity index (χ4n) is 2.24. The Morgan fingerprint density at radius 3 is 2.48 bits per heavy atom. The standard InChI is InChI=1S/C17H17N3O4S/c1-19(17(22)12-7-3-5-9-14(12)20(23)24)11-16(21)18-13-8-4-6-10-15(13)25-2/h3-10H,11H2,1-2H3,(H,18,21). The zero-order chi connectivity index (χ0) is 18.4. The second kappa shape index (κ2) is 8.29. The first-order valence-electron chi connectivity index (χ1n) is 7.35. The van der Waals surface area contributed by atoms with Gasteiger partial charge in [0.1, 0.15) is 5.56 Å². The minimum Gasteiger partial charge on any atom is -0.332 e. The lowest BCUT2D eigenvalue weighted by atomic mass is 10.1. The molecule has 0 atom stereocenters. The van der Waals surface area contributed by atoms with Crippen molar-refractivity contribution in [3.8, 4) is 0 Å². The van der Waals surface area contributed by atoms with Crippen LogP contribution in [0.1, 0.15) is 10.4 Å². The zero-order valence-electron chi connectivity index (χ0n) is 13.8. The van der Waals surface area contributed by atoms with Crippen LogP contribution in [-0.4, -0.2) is 41.5 Å². The molecule has 0 unspecified atom stereocenters. The van der Waals surface area contributed by atoms with Crippen LogP contribution in [-0.2, 0) is 4.79 Å². The summed E-state index contributed by atoms with van der Waals surface area (Å²) in [6.45, 7) is -0.215. The Balaban J connectivity index is 2.09. The van der Waals surface area contributed by atoms with E-state index in [1.165, 1.54) is 37.0 Å². The summed E-state index contributed by atoms with van der Waals surface area (Å²) < 4.78 is 0. The number of hydrogen-bond acceptors (Lipinski definition) is 5. The van der Waals surface area contributed by atoms with Crippen molar-refractivity contribution in [3.05, 3.63) is 64.2 Å². The lowest BCUT2D eigenvalue weighted by Crippen LogP contribution is -2.35. The van der Waals surface area contributed by atoms with Gasteiger partial charge in [0.15, 0.2) is 0 Å². The maximum Gasteiger partial charge on any atom is 0.282 e. The predicted octanol–water partition coefficient (Wildman–Crippen LogP) is 3.03. The molecular formula is C17H17N3O4S. The first-order chi connectivity index (χ1) is 11.9. The van der Waals surface area contributed by atoms with Gasteiger partial charge in [-0.2, -0.15) is 0 Å². The van der Waals surface area contributed by atoms with E-state index in [1.807, 2.05) is 18.4 Å². The van der Waals surface area contributed by atoms with Crippen molar-refractivity contribution in [2.75, 3.05) is 25.2 Å². The van der Waals surface area contributed by atoms with Gasteiger partial charge in [-0.15, -0.1) is 11.8 Å². The van der Waals surface area contributed by atoms with Gasteiger partial charge < -0.3 is 10.2 Å². The summed E-state index contributed by atoms with van der Waals surface area (Å²) in [7, 11) is 1.43. The third kappa shape index (κ3) is 4.57. The molecule has 8 heteroatoms. The predicted molar refractivity (Wildman–Crippen MR) is 96.9 cm³/mol. The lowest BCUT2D eigenvalue weighted by Gasteiger charge is -2.17. The van der Waals surface area contributed by atoms with Crippen LogP contribution in [0.4, 0.5) is 11.4 Å². The Bertz CT molecular complexity index is 810. The highest BCUT2D eigenvalue weighted by atomic mass is 32.2. The number of rotatable bonds is 6. The monoisotopic (exact) mass is 359 g/mol. The molecule has 130 valence electrons.